The zero-order valence-electron chi connectivity index (χ0n) is 5.30. The lowest BCUT2D eigenvalue weighted by Crippen LogP contribution is -2.15. The molecule has 0 aliphatic rings. The minimum atomic E-state index is -1.41. The molecule has 0 saturated carbocycles. The van der Waals surface area contributed by atoms with Gasteiger partial charge in [-0.05, 0) is 26.6 Å². The van der Waals surface area contributed by atoms with E-state index in [2.05, 4.69) is 0 Å². The van der Waals surface area contributed by atoms with Gasteiger partial charge in [-0.25, -0.2) is 0 Å². The Kier molecular flexibility index (Phi) is 2.10. The monoisotopic (exact) mass is 123 g/mol. The van der Waals surface area contributed by atoms with E-state index in [9.17, 15) is 0 Å². The maximum Gasteiger partial charge on any atom is -0.000354 e. The molecule has 0 atom stereocenters. The van der Waals surface area contributed by atoms with Crippen molar-refractivity contribution in [1.29, 1.82) is 0 Å². The quantitative estimate of drug-likeness (QED) is 0.562. The van der Waals surface area contributed by atoms with Crippen LogP contribution in [0, 0.1) is 0 Å². The van der Waals surface area contributed by atoms with Crippen LogP contribution in [0.2, 0.25) is 0 Å². The largest absolute Gasteiger partial charge is 0.339 e. The Labute approximate surface area is 46.8 Å². The molecule has 3 heteroatoms. The van der Waals surface area contributed by atoms with Gasteiger partial charge in [0, 0.05) is 0 Å². The van der Waals surface area contributed by atoms with Crippen molar-refractivity contribution < 1.29 is 4.55 Å². The zero-order chi connectivity index (χ0) is 6.08. The molecular weight excluding hydrogens is 110 g/mol. The van der Waals surface area contributed by atoms with E-state index in [1.54, 1.807) is 0 Å². The van der Waals surface area contributed by atoms with Crippen molar-refractivity contribution in [2.45, 2.75) is 0 Å². The maximum atomic E-state index is 9.10. The summed E-state index contributed by atoms with van der Waals surface area (Å²) < 4.78 is 10.9. The second-order valence-electron chi connectivity index (χ2n) is 2.03. The van der Waals surface area contributed by atoms with Crippen LogP contribution in [0.1, 0.15) is 0 Å². The Hall–Kier alpha value is 0.270. The van der Waals surface area contributed by atoms with Crippen LogP contribution in [0.25, 0.3) is 0 Å². The van der Waals surface area contributed by atoms with Crippen molar-refractivity contribution in [2.24, 2.45) is 0 Å². The third kappa shape index (κ3) is 2.91. The van der Waals surface area contributed by atoms with Gasteiger partial charge in [-0.1, -0.05) is 10.5 Å². The average molecular weight is 123 g/mol. The van der Waals surface area contributed by atoms with Crippen LogP contribution < -0.4 is 0 Å². The molecule has 0 heterocycles. The number of rotatable bonds is 1. The highest BCUT2D eigenvalue weighted by Crippen LogP contribution is 2.35. The molecular formula is C4H13NOS. The molecule has 0 unspecified atom stereocenters. The van der Waals surface area contributed by atoms with Crippen LogP contribution in [0.5, 0.6) is 0 Å². The second kappa shape index (κ2) is 2.03. The third-order valence-corrected chi connectivity index (χ3v) is 2.68. The highest BCUT2D eigenvalue weighted by Gasteiger charge is 2.06. The minimum Gasteiger partial charge on any atom is -0.339 e. The fourth-order valence-electron chi connectivity index (χ4n) is 0. The van der Waals surface area contributed by atoms with Crippen LogP contribution in [0.3, 0.4) is 0 Å². The van der Waals surface area contributed by atoms with E-state index in [0.717, 1.165) is 0 Å². The van der Waals surface area contributed by atoms with Crippen molar-refractivity contribution in [3.05, 3.63) is 0 Å². The van der Waals surface area contributed by atoms with Crippen molar-refractivity contribution in [1.82, 2.24) is 4.31 Å². The fraction of sp³-hybridized carbons (Fsp3) is 1.00. The Morgan fingerprint density at radius 3 is 1.43 bits per heavy atom. The molecule has 0 aliphatic carbocycles. The molecule has 0 aromatic carbocycles. The smallest absolute Gasteiger partial charge is 0.000354 e. The van der Waals surface area contributed by atoms with Gasteiger partial charge in [0.25, 0.3) is 0 Å². The molecule has 46 valence electrons. The first-order valence-electron chi connectivity index (χ1n) is 2.08. The summed E-state index contributed by atoms with van der Waals surface area (Å²) in [4.78, 5) is 0. The minimum absolute atomic E-state index is 1.41. The van der Waals surface area contributed by atoms with Crippen LogP contribution in [-0.2, 0) is 0 Å². The summed E-state index contributed by atoms with van der Waals surface area (Å²) in [7, 11) is 2.33. The highest BCUT2D eigenvalue weighted by molar-refractivity contribution is 8.25. The summed E-state index contributed by atoms with van der Waals surface area (Å²) in [6, 6.07) is 0. The van der Waals surface area contributed by atoms with Gasteiger partial charge < -0.3 is 4.55 Å². The normalized spacial score (nSPS) is 15.1. The summed E-state index contributed by atoms with van der Waals surface area (Å²) in [6.07, 6.45) is 3.65. The molecule has 0 fully saturated rings. The summed E-state index contributed by atoms with van der Waals surface area (Å²) in [5.74, 6) is 0. The second-order valence-corrected chi connectivity index (χ2v) is 5.20. The lowest BCUT2D eigenvalue weighted by atomic mass is 11.3. The molecule has 0 amide bonds. The van der Waals surface area contributed by atoms with E-state index in [4.69, 9.17) is 4.55 Å². The molecule has 0 rings (SSSR count). The molecule has 1 N–H and O–H groups in total. The molecule has 0 aromatic rings. The summed E-state index contributed by atoms with van der Waals surface area (Å²) in [5, 5.41) is 0. The van der Waals surface area contributed by atoms with Gasteiger partial charge in [-0.3, -0.25) is 4.31 Å². The number of hydrogen-bond donors (Lipinski definition) is 1. The zero-order valence-corrected chi connectivity index (χ0v) is 6.12. The summed E-state index contributed by atoms with van der Waals surface area (Å²) >= 11 is 0. The standard InChI is InChI=1S/C4H13NOS/c1-5(2)7(3,4)6/h6H,1-4H3. The van der Waals surface area contributed by atoms with E-state index in [1.807, 2.05) is 30.9 Å². The Bertz CT molecular complexity index is 57.2. The number of hydrogen-bond acceptors (Lipinski definition) is 2. The van der Waals surface area contributed by atoms with Gasteiger partial charge in [0.1, 0.15) is 0 Å². The van der Waals surface area contributed by atoms with Gasteiger partial charge in [0.2, 0.25) is 0 Å². The Morgan fingerprint density at radius 2 is 1.43 bits per heavy atom. The Balaban J connectivity index is 3.54. The fourth-order valence-corrected chi connectivity index (χ4v) is 0. The molecule has 0 spiro atoms. The SMILES string of the molecule is CN(C)S(C)(C)O. The molecule has 0 radical (unpaired) electrons. The van der Waals surface area contributed by atoms with Gasteiger partial charge in [-0.2, -0.15) is 0 Å². The van der Waals surface area contributed by atoms with Crippen molar-refractivity contribution in [3.8, 4) is 0 Å². The van der Waals surface area contributed by atoms with Gasteiger partial charge >= 0.3 is 0 Å². The molecule has 0 aromatic heterocycles. The molecule has 0 bridgehead atoms. The van der Waals surface area contributed by atoms with Gasteiger partial charge in [0.05, 0.1) is 0 Å². The maximum absolute atomic E-state index is 9.10. The van der Waals surface area contributed by atoms with Crippen molar-refractivity contribution in [2.75, 3.05) is 26.6 Å². The van der Waals surface area contributed by atoms with Crippen LogP contribution >= 0.6 is 10.5 Å². The van der Waals surface area contributed by atoms with E-state index >= 15 is 0 Å². The Morgan fingerprint density at radius 1 is 1.29 bits per heavy atom. The van der Waals surface area contributed by atoms with Crippen molar-refractivity contribution in [3.63, 3.8) is 0 Å². The van der Waals surface area contributed by atoms with E-state index < -0.39 is 10.5 Å². The van der Waals surface area contributed by atoms with E-state index in [1.165, 1.54) is 0 Å². The first-order valence-corrected chi connectivity index (χ1v) is 4.44. The lowest BCUT2D eigenvalue weighted by molar-refractivity contribution is 0.545. The van der Waals surface area contributed by atoms with Crippen molar-refractivity contribution >= 4 is 10.5 Å². The summed E-state index contributed by atoms with van der Waals surface area (Å²) in [5.41, 5.74) is 0. The summed E-state index contributed by atoms with van der Waals surface area (Å²) in [6.45, 7) is 0. The molecule has 0 saturated heterocycles. The number of nitrogens with zero attached hydrogens (tertiary/aromatic N) is 1. The average Bonchev–Trinajstić information content (AvgIpc) is 1.31. The topological polar surface area (TPSA) is 23.5 Å². The predicted octanol–water partition coefficient (Wildman–Crippen LogP) is 1.00. The lowest BCUT2D eigenvalue weighted by Gasteiger charge is -2.31. The predicted molar refractivity (Wildman–Crippen MR) is 35.8 cm³/mol. The molecule has 7 heavy (non-hydrogen) atoms. The van der Waals surface area contributed by atoms with E-state index in [-0.39, 0.29) is 0 Å². The van der Waals surface area contributed by atoms with Gasteiger partial charge in [-0.15, -0.1) is 0 Å². The molecule has 0 aliphatic heterocycles. The first kappa shape index (κ1) is 7.27. The van der Waals surface area contributed by atoms with E-state index in [0.29, 0.717) is 0 Å². The van der Waals surface area contributed by atoms with Crippen LogP contribution in [0.4, 0.5) is 0 Å². The van der Waals surface area contributed by atoms with Crippen LogP contribution in [-0.4, -0.2) is 35.5 Å². The first-order chi connectivity index (χ1) is 2.94. The third-order valence-electron chi connectivity index (χ3n) is 0.894. The van der Waals surface area contributed by atoms with Gasteiger partial charge in [0.15, 0.2) is 0 Å². The van der Waals surface area contributed by atoms with Crippen LogP contribution in [0.15, 0.2) is 0 Å². The molecule has 2 nitrogen and oxygen atoms in total. The highest BCUT2D eigenvalue weighted by atomic mass is 32.3.